The van der Waals surface area contributed by atoms with Crippen LogP contribution in [0.4, 0.5) is 0 Å². The van der Waals surface area contributed by atoms with Crippen molar-refractivity contribution in [3.05, 3.63) is 59.0 Å². The van der Waals surface area contributed by atoms with Crippen LogP contribution in [0.15, 0.2) is 42.6 Å². The molecule has 1 N–H and O–H groups in total. The molecule has 3 rings (SSSR count). The highest BCUT2D eigenvalue weighted by atomic mass is 35.5. The molecule has 0 unspecified atom stereocenters. The molecule has 0 saturated heterocycles. The number of carbonyl (C=O) groups is 1. The Hall–Kier alpha value is -2.40. The fourth-order valence-electron chi connectivity index (χ4n) is 2.69. The van der Waals surface area contributed by atoms with Crippen molar-refractivity contribution in [1.29, 1.82) is 0 Å². The molecule has 124 valence electrons. The van der Waals surface area contributed by atoms with Crippen molar-refractivity contribution in [3.63, 3.8) is 0 Å². The molecule has 0 aliphatic carbocycles. The fourth-order valence-corrected chi connectivity index (χ4v) is 2.82. The van der Waals surface area contributed by atoms with Gasteiger partial charge in [-0.25, -0.2) is 9.97 Å². The van der Waals surface area contributed by atoms with E-state index in [2.05, 4.69) is 26.8 Å². The molecular formula is C18H19ClN4O. The maximum Gasteiger partial charge on any atom is 0.224 e. The fraction of sp³-hybridized carbons (Fsp3) is 0.278. The van der Waals surface area contributed by atoms with Crippen molar-refractivity contribution in [2.75, 3.05) is 6.54 Å². The molecule has 0 fully saturated rings. The van der Waals surface area contributed by atoms with Gasteiger partial charge in [0.1, 0.15) is 11.3 Å². The lowest BCUT2D eigenvalue weighted by atomic mass is 10.1. The van der Waals surface area contributed by atoms with E-state index in [1.54, 1.807) is 18.3 Å². The molecule has 0 atom stereocenters. The molecule has 0 radical (unpaired) electrons. The zero-order valence-corrected chi connectivity index (χ0v) is 14.3. The second-order valence-electron chi connectivity index (χ2n) is 5.52. The number of aromatic nitrogens is 3. The van der Waals surface area contributed by atoms with E-state index in [0.29, 0.717) is 24.4 Å². The Morgan fingerprint density at radius 3 is 2.79 bits per heavy atom. The largest absolute Gasteiger partial charge is 0.355 e. The quantitative estimate of drug-likeness (QED) is 0.749. The molecule has 0 aliphatic heterocycles. The number of aryl methyl sites for hydroxylation is 1. The average molecular weight is 343 g/mol. The van der Waals surface area contributed by atoms with E-state index in [1.807, 2.05) is 24.3 Å². The zero-order chi connectivity index (χ0) is 16.9. The molecule has 2 heterocycles. The minimum Gasteiger partial charge on any atom is -0.355 e. The molecule has 0 aliphatic rings. The minimum atomic E-state index is -0.00499. The lowest BCUT2D eigenvalue weighted by Crippen LogP contribution is -2.27. The number of nitrogens with zero attached hydrogens (tertiary/aromatic N) is 3. The first-order valence-corrected chi connectivity index (χ1v) is 8.36. The Balaban J connectivity index is 1.58. The number of nitrogens with one attached hydrogen (secondary N) is 1. The van der Waals surface area contributed by atoms with Crippen LogP contribution in [-0.2, 0) is 24.2 Å². The van der Waals surface area contributed by atoms with Crippen LogP contribution in [0.1, 0.15) is 18.3 Å². The van der Waals surface area contributed by atoms with E-state index >= 15 is 0 Å². The highest BCUT2D eigenvalue weighted by Gasteiger charge is 2.10. The van der Waals surface area contributed by atoms with Gasteiger partial charge in [-0.15, -0.1) is 0 Å². The van der Waals surface area contributed by atoms with Crippen LogP contribution in [0.2, 0.25) is 5.02 Å². The maximum atomic E-state index is 12.0. The van der Waals surface area contributed by atoms with Gasteiger partial charge in [0.15, 0.2) is 5.65 Å². The van der Waals surface area contributed by atoms with Crippen molar-refractivity contribution in [3.8, 4) is 0 Å². The Bertz CT molecular complexity index is 842. The highest BCUT2D eigenvalue weighted by Crippen LogP contribution is 2.13. The molecule has 1 aromatic carbocycles. The third kappa shape index (κ3) is 3.74. The van der Waals surface area contributed by atoms with Gasteiger partial charge in [0.2, 0.25) is 5.91 Å². The summed E-state index contributed by atoms with van der Waals surface area (Å²) in [5, 5.41) is 3.62. The van der Waals surface area contributed by atoms with Crippen molar-refractivity contribution in [2.45, 2.75) is 26.3 Å². The zero-order valence-electron chi connectivity index (χ0n) is 13.5. The van der Waals surface area contributed by atoms with Gasteiger partial charge in [0, 0.05) is 30.7 Å². The van der Waals surface area contributed by atoms with E-state index in [-0.39, 0.29) is 5.91 Å². The van der Waals surface area contributed by atoms with Crippen molar-refractivity contribution in [1.82, 2.24) is 19.9 Å². The monoisotopic (exact) mass is 342 g/mol. The smallest absolute Gasteiger partial charge is 0.224 e. The third-order valence-electron chi connectivity index (χ3n) is 3.85. The average Bonchev–Trinajstić information content (AvgIpc) is 2.94. The van der Waals surface area contributed by atoms with Gasteiger partial charge in [-0.2, -0.15) is 0 Å². The highest BCUT2D eigenvalue weighted by molar-refractivity contribution is 6.30. The summed E-state index contributed by atoms with van der Waals surface area (Å²) in [6.07, 6.45) is 2.80. The second-order valence-corrected chi connectivity index (χ2v) is 5.96. The molecule has 2 aromatic heterocycles. The SMILES string of the molecule is CCn1c(CCNC(=O)Cc2ccc(Cl)cc2)nc2cccnc21. The lowest BCUT2D eigenvalue weighted by molar-refractivity contribution is -0.120. The van der Waals surface area contributed by atoms with Crippen molar-refractivity contribution in [2.24, 2.45) is 0 Å². The molecule has 0 spiro atoms. The number of rotatable bonds is 6. The van der Waals surface area contributed by atoms with E-state index in [4.69, 9.17) is 11.6 Å². The summed E-state index contributed by atoms with van der Waals surface area (Å²) in [6.45, 7) is 3.43. The summed E-state index contributed by atoms with van der Waals surface area (Å²) in [4.78, 5) is 21.0. The second kappa shape index (κ2) is 7.45. The molecule has 0 saturated carbocycles. The van der Waals surface area contributed by atoms with Gasteiger partial charge in [0.25, 0.3) is 0 Å². The van der Waals surface area contributed by atoms with Crippen LogP contribution in [-0.4, -0.2) is 27.0 Å². The van der Waals surface area contributed by atoms with E-state index in [9.17, 15) is 4.79 Å². The Labute approximate surface area is 145 Å². The summed E-state index contributed by atoms with van der Waals surface area (Å²) < 4.78 is 2.08. The van der Waals surface area contributed by atoms with Crippen LogP contribution >= 0.6 is 11.6 Å². The molecule has 1 amide bonds. The van der Waals surface area contributed by atoms with Crippen LogP contribution in [0.5, 0.6) is 0 Å². The number of hydrogen-bond donors (Lipinski definition) is 1. The standard InChI is InChI=1S/C18H19ClN4O/c1-2-23-16(22-15-4-3-10-21-18(15)23)9-11-20-17(24)12-13-5-7-14(19)8-6-13/h3-8,10H,2,9,11-12H2,1H3,(H,20,24). The van der Waals surface area contributed by atoms with Gasteiger partial charge in [-0.1, -0.05) is 23.7 Å². The van der Waals surface area contributed by atoms with E-state index in [0.717, 1.165) is 29.1 Å². The number of benzene rings is 1. The lowest BCUT2D eigenvalue weighted by Gasteiger charge is -2.07. The van der Waals surface area contributed by atoms with Gasteiger partial charge in [0.05, 0.1) is 6.42 Å². The number of imidazole rings is 1. The predicted octanol–water partition coefficient (Wildman–Crippen LogP) is 3.01. The maximum absolute atomic E-state index is 12.0. The topological polar surface area (TPSA) is 59.8 Å². The third-order valence-corrected chi connectivity index (χ3v) is 4.10. The Morgan fingerprint density at radius 2 is 2.04 bits per heavy atom. The molecule has 5 nitrogen and oxygen atoms in total. The summed E-state index contributed by atoms with van der Waals surface area (Å²) in [5.41, 5.74) is 2.73. The van der Waals surface area contributed by atoms with E-state index < -0.39 is 0 Å². The van der Waals surface area contributed by atoms with E-state index in [1.165, 1.54) is 0 Å². The first-order valence-electron chi connectivity index (χ1n) is 7.98. The summed E-state index contributed by atoms with van der Waals surface area (Å²) in [5.74, 6) is 0.938. The minimum absolute atomic E-state index is 0.00499. The normalized spacial score (nSPS) is 10.9. The number of carbonyl (C=O) groups excluding carboxylic acids is 1. The molecule has 24 heavy (non-hydrogen) atoms. The Morgan fingerprint density at radius 1 is 1.25 bits per heavy atom. The van der Waals surface area contributed by atoms with Gasteiger partial charge in [-0.05, 0) is 36.8 Å². The van der Waals surface area contributed by atoms with Crippen LogP contribution < -0.4 is 5.32 Å². The van der Waals surface area contributed by atoms with Crippen LogP contribution in [0, 0.1) is 0 Å². The number of pyridine rings is 1. The van der Waals surface area contributed by atoms with Gasteiger partial charge >= 0.3 is 0 Å². The number of fused-ring (bicyclic) bond motifs is 1. The first-order chi connectivity index (χ1) is 11.7. The molecule has 3 aromatic rings. The Kier molecular flexibility index (Phi) is 5.11. The van der Waals surface area contributed by atoms with Gasteiger partial charge < -0.3 is 9.88 Å². The number of hydrogen-bond acceptors (Lipinski definition) is 3. The van der Waals surface area contributed by atoms with Crippen LogP contribution in [0.3, 0.4) is 0 Å². The van der Waals surface area contributed by atoms with Crippen LogP contribution in [0.25, 0.3) is 11.2 Å². The first kappa shape index (κ1) is 16.5. The van der Waals surface area contributed by atoms with Crippen molar-refractivity contribution < 1.29 is 4.79 Å². The number of amides is 1. The summed E-state index contributed by atoms with van der Waals surface area (Å²) in [7, 11) is 0. The summed E-state index contributed by atoms with van der Waals surface area (Å²) in [6, 6.07) is 11.2. The summed E-state index contributed by atoms with van der Waals surface area (Å²) >= 11 is 5.85. The van der Waals surface area contributed by atoms with Crippen molar-refractivity contribution >= 4 is 28.7 Å². The number of halogens is 1. The van der Waals surface area contributed by atoms with Gasteiger partial charge in [-0.3, -0.25) is 4.79 Å². The molecule has 6 heteroatoms. The predicted molar refractivity (Wildman–Crippen MR) is 95.1 cm³/mol. The molecular weight excluding hydrogens is 324 g/mol. The molecule has 0 bridgehead atoms.